The van der Waals surface area contributed by atoms with Gasteiger partial charge in [0, 0.05) is 5.56 Å². The predicted octanol–water partition coefficient (Wildman–Crippen LogP) is 3.14. The lowest BCUT2D eigenvalue weighted by Crippen LogP contribution is -2.34. The summed E-state index contributed by atoms with van der Waals surface area (Å²) >= 11 is 3.45. The van der Waals surface area contributed by atoms with Crippen molar-refractivity contribution in [1.82, 2.24) is 10.7 Å². The summed E-state index contributed by atoms with van der Waals surface area (Å²) in [5.41, 5.74) is 3.40. The van der Waals surface area contributed by atoms with Gasteiger partial charge in [0.2, 0.25) is 0 Å². The minimum atomic E-state index is -0.481. The van der Waals surface area contributed by atoms with Crippen molar-refractivity contribution < 1.29 is 28.5 Å². The highest BCUT2D eigenvalue weighted by Crippen LogP contribution is 2.36. The van der Waals surface area contributed by atoms with E-state index < -0.39 is 11.8 Å². The topological polar surface area (TPSA) is 107 Å². The molecule has 172 valence electrons. The van der Waals surface area contributed by atoms with Crippen LogP contribution in [0, 0.1) is 0 Å². The van der Waals surface area contributed by atoms with Crippen molar-refractivity contribution >= 4 is 34.0 Å². The molecule has 10 heteroatoms. The van der Waals surface area contributed by atoms with Crippen molar-refractivity contribution in [2.24, 2.45) is 5.10 Å². The molecule has 32 heavy (non-hydrogen) atoms. The van der Waals surface area contributed by atoms with Gasteiger partial charge in [-0.1, -0.05) is 0 Å². The van der Waals surface area contributed by atoms with Crippen LogP contribution in [0.3, 0.4) is 0 Å². The van der Waals surface area contributed by atoms with E-state index in [1.807, 2.05) is 13.8 Å². The third-order valence-corrected chi connectivity index (χ3v) is 4.67. The lowest BCUT2D eigenvalue weighted by atomic mass is 10.2. The maximum absolute atomic E-state index is 12.3. The Morgan fingerprint density at radius 1 is 1.00 bits per heavy atom. The van der Waals surface area contributed by atoms with Gasteiger partial charge in [0.25, 0.3) is 11.8 Å². The fourth-order valence-electron chi connectivity index (χ4n) is 2.67. The molecule has 0 atom stereocenters. The number of methoxy groups -OCH3 is 2. The molecular formula is C22H26BrN3O6. The normalized spacial score (nSPS) is 10.5. The van der Waals surface area contributed by atoms with Crippen LogP contribution in [0.4, 0.5) is 0 Å². The Bertz CT molecular complexity index is 980. The summed E-state index contributed by atoms with van der Waals surface area (Å²) in [5.74, 6) is 1.19. The van der Waals surface area contributed by atoms with Crippen LogP contribution in [0.2, 0.25) is 0 Å². The van der Waals surface area contributed by atoms with Gasteiger partial charge in [0.05, 0.1) is 44.7 Å². The van der Waals surface area contributed by atoms with Gasteiger partial charge in [-0.15, -0.1) is 0 Å². The first kappa shape index (κ1) is 25.0. The highest BCUT2D eigenvalue weighted by Gasteiger charge is 2.13. The number of hydrazone groups is 1. The van der Waals surface area contributed by atoms with E-state index in [2.05, 4.69) is 31.8 Å². The van der Waals surface area contributed by atoms with Crippen LogP contribution in [-0.2, 0) is 4.79 Å². The van der Waals surface area contributed by atoms with E-state index >= 15 is 0 Å². The minimum Gasteiger partial charge on any atom is -0.493 e. The Kier molecular flexibility index (Phi) is 9.80. The van der Waals surface area contributed by atoms with Crippen LogP contribution in [-0.4, -0.2) is 52.0 Å². The second kappa shape index (κ2) is 12.6. The van der Waals surface area contributed by atoms with Gasteiger partial charge in [0.15, 0.2) is 23.0 Å². The maximum Gasteiger partial charge on any atom is 0.259 e. The molecule has 2 amide bonds. The summed E-state index contributed by atoms with van der Waals surface area (Å²) in [6, 6.07) is 8.27. The standard InChI is InChI=1S/C22H26BrN3O6/c1-5-31-19-10-14(9-16(23)21(19)32-6-2)12-25-26-20(27)13-24-22(28)15-7-8-17(29-3)18(11-15)30-4/h7-12H,5-6,13H2,1-4H3,(H,24,28)(H,26,27)/b25-12-. The lowest BCUT2D eigenvalue weighted by Gasteiger charge is -2.13. The molecule has 2 N–H and O–H groups in total. The van der Waals surface area contributed by atoms with Gasteiger partial charge < -0.3 is 24.3 Å². The van der Waals surface area contributed by atoms with Crippen LogP contribution < -0.4 is 29.7 Å². The van der Waals surface area contributed by atoms with E-state index in [4.69, 9.17) is 18.9 Å². The molecule has 2 rings (SSSR count). The molecule has 0 unspecified atom stereocenters. The van der Waals surface area contributed by atoms with Gasteiger partial charge in [0.1, 0.15) is 0 Å². The van der Waals surface area contributed by atoms with Gasteiger partial charge in [-0.3, -0.25) is 9.59 Å². The highest BCUT2D eigenvalue weighted by atomic mass is 79.9. The van der Waals surface area contributed by atoms with Crippen molar-refractivity contribution in [3.8, 4) is 23.0 Å². The summed E-state index contributed by atoms with van der Waals surface area (Å²) in [6.07, 6.45) is 1.47. The summed E-state index contributed by atoms with van der Waals surface area (Å²) in [4.78, 5) is 24.3. The first-order valence-corrected chi connectivity index (χ1v) is 10.6. The largest absolute Gasteiger partial charge is 0.493 e. The zero-order valence-electron chi connectivity index (χ0n) is 18.4. The molecule has 0 aliphatic carbocycles. The number of nitrogens with one attached hydrogen (secondary N) is 2. The van der Waals surface area contributed by atoms with Crippen molar-refractivity contribution in [3.63, 3.8) is 0 Å². The Labute approximate surface area is 195 Å². The number of benzene rings is 2. The molecule has 0 bridgehead atoms. The Hall–Kier alpha value is -3.27. The van der Waals surface area contributed by atoms with Crippen LogP contribution in [0.25, 0.3) is 0 Å². The number of hydrogen-bond donors (Lipinski definition) is 2. The van der Waals surface area contributed by atoms with Crippen molar-refractivity contribution in [3.05, 3.63) is 45.9 Å². The molecule has 0 radical (unpaired) electrons. The van der Waals surface area contributed by atoms with Gasteiger partial charge in [-0.05, 0) is 65.7 Å². The van der Waals surface area contributed by atoms with E-state index in [-0.39, 0.29) is 6.54 Å². The molecule has 2 aromatic carbocycles. The number of amides is 2. The molecule has 0 spiro atoms. The second-order valence-electron chi connectivity index (χ2n) is 6.24. The molecule has 0 aliphatic heterocycles. The Morgan fingerprint density at radius 2 is 1.72 bits per heavy atom. The molecule has 2 aromatic rings. The van der Waals surface area contributed by atoms with Crippen molar-refractivity contribution in [2.45, 2.75) is 13.8 Å². The van der Waals surface area contributed by atoms with E-state index in [1.165, 1.54) is 26.5 Å². The maximum atomic E-state index is 12.3. The van der Waals surface area contributed by atoms with E-state index in [0.717, 1.165) is 0 Å². The van der Waals surface area contributed by atoms with Gasteiger partial charge >= 0.3 is 0 Å². The molecule has 9 nitrogen and oxygen atoms in total. The quantitative estimate of drug-likeness (QED) is 0.357. The van der Waals surface area contributed by atoms with Crippen LogP contribution in [0.1, 0.15) is 29.8 Å². The number of ether oxygens (including phenoxy) is 4. The fourth-order valence-corrected chi connectivity index (χ4v) is 3.24. The van der Waals surface area contributed by atoms with Gasteiger partial charge in [-0.2, -0.15) is 5.10 Å². The number of hydrogen-bond acceptors (Lipinski definition) is 7. The summed E-state index contributed by atoms with van der Waals surface area (Å²) in [6.45, 7) is 4.49. The zero-order valence-corrected chi connectivity index (χ0v) is 19.9. The molecule has 0 saturated carbocycles. The first-order chi connectivity index (χ1) is 15.4. The molecule has 0 fully saturated rings. The Morgan fingerprint density at radius 3 is 2.38 bits per heavy atom. The van der Waals surface area contributed by atoms with E-state index in [1.54, 1.807) is 24.3 Å². The van der Waals surface area contributed by atoms with Crippen molar-refractivity contribution in [2.75, 3.05) is 34.0 Å². The third-order valence-electron chi connectivity index (χ3n) is 4.08. The fraction of sp³-hybridized carbons (Fsp3) is 0.318. The average Bonchev–Trinajstić information content (AvgIpc) is 2.79. The monoisotopic (exact) mass is 507 g/mol. The average molecular weight is 508 g/mol. The summed E-state index contributed by atoms with van der Waals surface area (Å²) < 4.78 is 22.2. The smallest absolute Gasteiger partial charge is 0.259 e. The second-order valence-corrected chi connectivity index (χ2v) is 7.10. The highest BCUT2D eigenvalue weighted by molar-refractivity contribution is 9.10. The number of halogens is 1. The minimum absolute atomic E-state index is 0.248. The van der Waals surface area contributed by atoms with Gasteiger partial charge in [-0.25, -0.2) is 5.43 Å². The van der Waals surface area contributed by atoms with Crippen molar-refractivity contribution in [1.29, 1.82) is 0 Å². The number of carbonyl (C=O) groups is 2. The first-order valence-electron chi connectivity index (χ1n) is 9.84. The summed E-state index contributed by atoms with van der Waals surface area (Å²) in [5, 5.41) is 6.46. The number of carbonyl (C=O) groups excluding carboxylic acids is 2. The third kappa shape index (κ3) is 6.88. The number of rotatable bonds is 11. The SMILES string of the molecule is CCOc1cc(/C=N\NC(=O)CNC(=O)c2ccc(OC)c(OC)c2)cc(Br)c1OCC. The Balaban J connectivity index is 1.94. The lowest BCUT2D eigenvalue weighted by molar-refractivity contribution is -0.120. The molecule has 0 aliphatic rings. The van der Waals surface area contributed by atoms with Crippen LogP contribution in [0.5, 0.6) is 23.0 Å². The van der Waals surface area contributed by atoms with Crippen LogP contribution in [0.15, 0.2) is 39.9 Å². The van der Waals surface area contributed by atoms with Crippen LogP contribution >= 0.6 is 15.9 Å². The molecule has 0 aromatic heterocycles. The number of nitrogens with zero attached hydrogens (tertiary/aromatic N) is 1. The predicted molar refractivity (Wildman–Crippen MR) is 124 cm³/mol. The molecular weight excluding hydrogens is 482 g/mol. The molecule has 0 saturated heterocycles. The zero-order chi connectivity index (χ0) is 23.5. The molecule has 0 heterocycles. The van der Waals surface area contributed by atoms with E-state index in [9.17, 15) is 9.59 Å². The van der Waals surface area contributed by atoms with E-state index in [0.29, 0.717) is 51.8 Å². The summed E-state index contributed by atoms with van der Waals surface area (Å²) in [7, 11) is 2.98.